The number of nitrogens with zero attached hydrogens (tertiary/aromatic N) is 4. The quantitative estimate of drug-likeness (QED) is 0.707. The molecule has 0 aliphatic carbocycles. The summed E-state index contributed by atoms with van der Waals surface area (Å²) in [6, 6.07) is 11.6. The van der Waals surface area contributed by atoms with Crippen LogP contribution in [0, 0.1) is 13.8 Å². The molecule has 3 heterocycles. The normalized spacial score (nSPS) is 15.3. The fourth-order valence-electron chi connectivity index (χ4n) is 3.34. The lowest BCUT2D eigenvalue weighted by Crippen LogP contribution is -2.48. The maximum atomic E-state index is 12.7. The Bertz CT molecular complexity index is 924. The summed E-state index contributed by atoms with van der Waals surface area (Å²) < 4.78 is 10.9. The van der Waals surface area contributed by atoms with Crippen molar-refractivity contribution in [1.82, 2.24) is 19.9 Å². The van der Waals surface area contributed by atoms with E-state index in [0.29, 0.717) is 42.7 Å². The molecule has 1 aliphatic heterocycles. The molecular weight excluding hydrogens is 344 g/mol. The van der Waals surface area contributed by atoms with Crippen LogP contribution in [0.3, 0.4) is 0 Å². The zero-order valence-corrected chi connectivity index (χ0v) is 15.5. The molecule has 1 fully saturated rings. The lowest BCUT2D eigenvalue weighted by atomic mass is 10.2. The van der Waals surface area contributed by atoms with Gasteiger partial charge in [0.25, 0.3) is 5.91 Å². The van der Waals surface area contributed by atoms with Crippen LogP contribution in [0.4, 0.5) is 0 Å². The third kappa shape index (κ3) is 3.78. The van der Waals surface area contributed by atoms with E-state index >= 15 is 0 Å². The zero-order chi connectivity index (χ0) is 18.8. The molecule has 0 atom stereocenters. The molecule has 0 radical (unpaired) electrons. The van der Waals surface area contributed by atoms with E-state index in [1.54, 1.807) is 0 Å². The highest BCUT2D eigenvalue weighted by molar-refractivity contribution is 5.95. The second kappa shape index (κ2) is 7.36. The van der Waals surface area contributed by atoms with Crippen molar-refractivity contribution in [3.63, 3.8) is 0 Å². The molecule has 3 aromatic rings. The molecule has 1 amide bonds. The summed E-state index contributed by atoms with van der Waals surface area (Å²) in [4.78, 5) is 21.2. The van der Waals surface area contributed by atoms with Gasteiger partial charge in [0, 0.05) is 31.7 Å². The van der Waals surface area contributed by atoms with Crippen molar-refractivity contribution >= 4 is 5.91 Å². The van der Waals surface area contributed by atoms with E-state index in [0.717, 1.165) is 24.4 Å². The van der Waals surface area contributed by atoms with Crippen molar-refractivity contribution in [3.8, 4) is 11.4 Å². The zero-order valence-electron chi connectivity index (χ0n) is 15.5. The van der Waals surface area contributed by atoms with Gasteiger partial charge in [0.05, 0.1) is 12.1 Å². The SMILES string of the molecule is Cc1cc(C(=O)N2CCN(Cc3nc(-c4ccccc4)no3)CC2)c(C)o1. The number of piperazine rings is 1. The maximum Gasteiger partial charge on any atom is 0.257 e. The van der Waals surface area contributed by atoms with Crippen LogP contribution in [0.2, 0.25) is 0 Å². The number of benzene rings is 1. The van der Waals surface area contributed by atoms with E-state index in [-0.39, 0.29) is 5.91 Å². The van der Waals surface area contributed by atoms with Gasteiger partial charge < -0.3 is 13.8 Å². The van der Waals surface area contributed by atoms with Crippen molar-refractivity contribution in [2.45, 2.75) is 20.4 Å². The lowest BCUT2D eigenvalue weighted by molar-refractivity contribution is 0.0613. The Hall–Kier alpha value is -2.93. The van der Waals surface area contributed by atoms with Crippen LogP contribution in [-0.2, 0) is 6.54 Å². The van der Waals surface area contributed by atoms with Crippen LogP contribution < -0.4 is 0 Å². The summed E-state index contributed by atoms with van der Waals surface area (Å²) in [6.45, 7) is 7.15. The topological polar surface area (TPSA) is 75.6 Å². The number of amides is 1. The van der Waals surface area contributed by atoms with E-state index in [2.05, 4.69) is 15.0 Å². The first-order valence-electron chi connectivity index (χ1n) is 9.07. The first kappa shape index (κ1) is 17.5. The Labute approximate surface area is 157 Å². The van der Waals surface area contributed by atoms with Gasteiger partial charge in [-0.1, -0.05) is 35.5 Å². The Kier molecular flexibility index (Phi) is 4.77. The highest BCUT2D eigenvalue weighted by Gasteiger charge is 2.25. The summed E-state index contributed by atoms with van der Waals surface area (Å²) >= 11 is 0. The van der Waals surface area contributed by atoms with Gasteiger partial charge >= 0.3 is 0 Å². The van der Waals surface area contributed by atoms with E-state index in [1.807, 2.05) is 55.1 Å². The molecule has 0 unspecified atom stereocenters. The Balaban J connectivity index is 1.34. The largest absolute Gasteiger partial charge is 0.466 e. The molecule has 1 saturated heterocycles. The number of rotatable bonds is 4. The number of hydrogen-bond acceptors (Lipinski definition) is 6. The van der Waals surface area contributed by atoms with Gasteiger partial charge in [0.2, 0.25) is 11.7 Å². The minimum atomic E-state index is 0.0353. The first-order valence-corrected chi connectivity index (χ1v) is 9.07. The van der Waals surface area contributed by atoms with Gasteiger partial charge in [-0.2, -0.15) is 4.98 Å². The van der Waals surface area contributed by atoms with Gasteiger partial charge in [0.15, 0.2) is 0 Å². The summed E-state index contributed by atoms with van der Waals surface area (Å²) in [5.41, 5.74) is 1.60. The van der Waals surface area contributed by atoms with E-state index < -0.39 is 0 Å². The second-order valence-electron chi connectivity index (χ2n) is 6.77. The molecule has 0 N–H and O–H groups in total. The van der Waals surface area contributed by atoms with Gasteiger partial charge in [-0.05, 0) is 19.9 Å². The van der Waals surface area contributed by atoms with Gasteiger partial charge in [-0.15, -0.1) is 0 Å². The highest BCUT2D eigenvalue weighted by atomic mass is 16.5. The van der Waals surface area contributed by atoms with Crippen molar-refractivity contribution in [3.05, 3.63) is 59.4 Å². The Morgan fingerprint density at radius 3 is 2.52 bits per heavy atom. The Morgan fingerprint density at radius 1 is 1.11 bits per heavy atom. The monoisotopic (exact) mass is 366 g/mol. The predicted octanol–water partition coefficient (Wildman–Crippen LogP) is 2.90. The Morgan fingerprint density at radius 2 is 1.85 bits per heavy atom. The molecule has 7 heteroatoms. The van der Waals surface area contributed by atoms with E-state index in [9.17, 15) is 4.79 Å². The van der Waals surface area contributed by atoms with E-state index in [1.165, 1.54) is 0 Å². The number of furan rings is 1. The average Bonchev–Trinajstić information content (AvgIpc) is 3.28. The summed E-state index contributed by atoms with van der Waals surface area (Å²) in [5, 5.41) is 4.06. The van der Waals surface area contributed by atoms with Gasteiger partial charge in [-0.25, -0.2) is 0 Å². The van der Waals surface area contributed by atoms with E-state index in [4.69, 9.17) is 8.94 Å². The molecule has 0 saturated carbocycles. The molecule has 4 rings (SSSR count). The van der Waals surface area contributed by atoms with Crippen molar-refractivity contribution in [1.29, 1.82) is 0 Å². The number of carbonyl (C=O) groups excluding carboxylic acids is 1. The molecule has 1 aromatic carbocycles. The molecule has 7 nitrogen and oxygen atoms in total. The smallest absolute Gasteiger partial charge is 0.257 e. The van der Waals surface area contributed by atoms with Crippen LogP contribution in [0.15, 0.2) is 45.3 Å². The molecular formula is C20H22N4O3. The summed E-state index contributed by atoms with van der Waals surface area (Å²) in [6.07, 6.45) is 0. The molecule has 1 aliphatic rings. The van der Waals surface area contributed by atoms with Crippen LogP contribution >= 0.6 is 0 Å². The van der Waals surface area contributed by atoms with Gasteiger partial charge in [0.1, 0.15) is 11.5 Å². The number of hydrogen-bond donors (Lipinski definition) is 0. The summed E-state index contributed by atoms with van der Waals surface area (Å²) in [5.74, 6) is 2.67. The summed E-state index contributed by atoms with van der Waals surface area (Å²) in [7, 11) is 0. The fraction of sp³-hybridized carbons (Fsp3) is 0.350. The minimum Gasteiger partial charge on any atom is -0.466 e. The second-order valence-corrected chi connectivity index (χ2v) is 6.77. The lowest BCUT2D eigenvalue weighted by Gasteiger charge is -2.33. The van der Waals surface area contributed by atoms with Crippen molar-refractivity contribution < 1.29 is 13.7 Å². The molecule has 27 heavy (non-hydrogen) atoms. The van der Waals surface area contributed by atoms with Crippen LogP contribution in [0.5, 0.6) is 0 Å². The number of carbonyl (C=O) groups is 1. The van der Waals surface area contributed by atoms with Crippen molar-refractivity contribution in [2.75, 3.05) is 26.2 Å². The van der Waals surface area contributed by atoms with Crippen LogP contribution in [0.1, 0.15) is 27.8 Å². The molecule has 0 bridgehead atoms. The predicted molar refractivity (Wildman–Crippen MR) is 99.1 cm³/mol. The van der Waals surface area contributed by atoms with Crippen LogP contribution in [0.25, 0.3) is 11.4 Å². The number of aromatic nitrogens is 2. The third-order valence-corrected chi connectivity index (χ3v) is 4.79. The fourth-order valence-corrected chi connectivity index (χ4v) is 3.34. The molecule has 140 valence electrons. The standard InChI is InChI=1S/C20H22N4O3/c1-14-12-17(15(2)26-14)20(25)24-10-8-23(9-11-24)13-18-21-19(22-27-18)16-6-4-3-5-7-16/h3-7,12H,8-11,13H2,1-2H3. The van der Waals surface area contributed by atoms with Crippen LogP contribution in [-0.4, -0.2) is 52.0 Å². The number of aryl methyl sites for hydroxylation is 2. The average molecular weight is 366 g/mol. The third-order valence-electron chi connectivity index (χ3n) is 4.79. The molecule has 2 aromatic heterocycles. The molecule has 0 spiro atoms. The maximum absolute atomic E-state index is 12.7. The minimum absolute atomic E-state index is 0.0353. The highest BCUT2D eigenvalue weighted by Crippen LogP contribution is 2.19. The first-order chi connectivity index (χ1) is 13.1. The van der Waals surface area contributed by atoms with Gasteiger partial charge in [-0.3, -0.25) is 9.69 Å². The van der Waals surface area contributed by atoms with Crippen molar-refractivity contribution in [2.24, 2.45) is 0 Å².